The van der Waals surface area contributed by atoms with Crippen LogP contribution >= 0.6 is 0 Å². The lowest BCUT2D eigenvalue weighted by Crippen LogP contribution is -2.50. The number of nitrogens with one attached hydrogen (secondary N) is 1. The molecule has 0 bridgehead atoms. The molecule has 2 unspecified atom stereocenters. The number of unbranched alkanes of at least 4 members (excludes halogenated alkanes) is 1. The van der Waals surface area contributed by atoms with Crippen LogP contribution in [0, 0.1) is 5.92 Å². The quantitative estimate of drug-likeness (QED) is 0.489. The van der Waals surface area contributed by atoms with Crippen LogP contribution in [0.1, 0.15) is 60.7 Å². The van der Waals surface area contributed by atoms with Gasteiger partial charge in [0.15, 0.2) is 0 Å². The number of hydrogen-bond donors (Lipinski definition) is 1. The van der Waals surface area contributed by atoms with E-state index in [1.807, 2.05) is 13.8 Å². The molecule has 2 aromatic rings. The van der Waals surface area contributed by atoms with Crippen LogP contribution in [0.3, 0.4) is 0 Å². The summed E-state index contributed by atoms with van der Waals surface area (Å²) in [6, 6.07) is 12.9. The van der Waals surface area contributed by atoms with Gasteiger partial charge in [-0.05, 0) is 48.7 Å². The monoisotopic (exact) mass is 408 g/mol. The molecule has 158 valence electrons. The molecule has 0 aromatic heterocycles. The number of fused-ring (bicyclic) bond motifs is 1. The van der Waals surface area contributed by atoms with Gasteiger partial charge in [-0.15, -0.1) is 0 Å². The molecule has 0 aliphatic carbocycles. The van der Waals surface area contributed by atoms with Crippen molar-refractivity contribution in [1.29, 1.82) is 0 Å². The molecule has 3 rings (SSSR count). The highest BCUT2D eigenvalue weighted by Gasteiger charge is 2.44. The molecule has 0 saturated carbocycles. The first-order valence-electron chi connectivity index (χ1n) is 10.5. The summed E-state index contributed by atoms with van der Waals surface area (Å²) in [6.07, 6.45) is 2.69. The van der Waals surface area contributed by atoms with Crippen LogP contribution in [0.15, 0.2) is 48.5 Å². The lowest BCUT2D eigenvalue weighted by Gasteiger charge is -2.29. The summed E-state index contributed by atoms with van der Waals surface area (Å²) in [5.74, 6) is -0.672. The number of carbonyl (C=O) groups excluding carboxylic acids is 3. The zero-order chi connectivity index (χ0) is 21.7. The zero-order valence-corrected chi connectivity index (χ0v) is 17.7. The second kappa shape index (κ2) is 9.57. The van der Waals surface area contributed by atoms with Crippen LogP contribution in [-0.2, 0) is 4.79 Å². The third-order valence-corrected chi connectivity index (χ3v) is 5.44. The Hall–Kier alpha value is -3.15. The molecule has 6 heteroatoms. The van der Waals surface area contributed by atoms with Crippen molar-refractivity contribution in [3.8, 4) is 5.75 Å². The summed E-state index contributed by atoms with van der Waals surface area (Å²) in [4.78, 5) is 40.1. The van der Waals surface area contributed by atoms with E-state index in [2.05, 4.69) is 12.2 Å². The average molecular weight is 408 g/mol. The van der Waals surface area contributed by atoms with Gasteiger partial charge >= 0.3 is 0 Å². The van der Waals surface area contributed by atoms with Gasteiger partial charge in [0.2, 0.25) is 5.91 Å². The van der Waals surface area contributed by atoms with Gasteiger partial charge in [0.05, 0.1) is 17.7 Å². The molecule has 0 spiro atoms. The lowest BCUT2D eigenvalue weighted by atomic mass is 9.96. The van der Waals surface area contributed by atoms with E-state index in [1.54, 1.807) is 48.5 Å². The zero-order valence-electron chi connectivity index (χ0n) is 17.7. The molecular weight excluding hydrogens is 380 g/mol. The fourth-order valence-corrected chi connectivity index (χ4v) is 3.50. The Morgan fingerprint density at radius 1 is 1.00 bits per heavy atom. The Labute approximate surface area is 177 Å². The molecule has 0 fully saturated rings. The van der Waals surface area contributed by atoms with Gasteiger partial charge in [-0.1, -0.05) is 45.7 Å². The Balaban J connectivity index is 1.77. The van der Waals surface area contributed by atoms with Gasteiger partial charge in [-0.25, -0.2) is 0 Å². The van der Waals surface area contributed by atoms with Crippen molar-refractivity contribution in [2.45, 2.75) is 46.1 Å². The van der Waals surface area contributed by atoms with Gasteiger partial charge in [0.25, 0.3) is 11.8 Å². The second-order valence-electron chi connectivity index (χ2n) is 7.57. The Morgan fingerprint density at radius 3 is 2.13 bits per heavy atom. The highest BCUT2D eigenvalue weighted by molar-refractivity contribution is 6.23. The van der Waals surface area contributed by atoms with Crippen molar-refractivity contribution < 1.29 is 19.1 Å². The van der Waals surface area contributed by atoms with Crippen molar-refractivity contribution >= 4 is 23.4 Å². The molecule has 0 radical (unpaired) electrons. The minimum absolute atomic E-state index is 0.191. The summed E-state index contributed by atoms with van der Waals surface area (Å²) >= 11 is 0. The van der Waals surface area contributed by atoms with E-state index in [9.17, 15) is 14.4 Å². The first-order chi connectivity index (χ1) is 14.5. The van der Waals surface area contributed by atoms with E-state index in [0.717, 1.165) is 23.5 Å². The molecule has 3 amide bonds. The summed E-state index contributed by atoms with van der Waals surface area (Å²) < 4.78 is 5.64. The van der Waals surface area contributed by atoms with Crippen LogP contribution in [0.5, 0.6) is 5.75 Å². The van der Waals surface area contributed by atoms with Crippen LogP contribution in [0.25, 0.3) is 0 Å². The fourth-order valence-electron chi connectivity index (χ4n) is 3.50. The normalized spacial score (nSPS) is 15.0. The van der Waals surface area contributed by atoms with Gasteiger partial charge in [0, 0.05) is 5.69 Å². The summed E-state index contributed by atoms with van der Waals surface area (Å²) in [7, 11) is 0. The maximum atomic E-state index is 13.1. The molecule has 30 heavy (non-hydrogen) atoms. The van der Waals surface area contributed by atoms with E-state index >= 15 is 0 Å². The van der Waals surface area contributed by atoms with E-state index in [0.29, 0.717) is 29.8 Å². The lowest BCUT2D eigenvalue weighted by molar-refractivity contribution is -0.121. The highest BCUT2D eigenvalue weighted by atomic mass is 16.5. The molecule has 2 aromatic carbocycles. The first kappa shape index (κ1) is 21.6. The molecule has 6 nitrogen and oxygen atoms in total. The van der Waals surface area contributed by atoms with Crippen molar-refractivity contribution in [1.82, 2.24) is 4.90 Å². The van der Waals surface area contributed by atoms with Crippen molar-refractivity contribution in [2.75, 3.05) is 11.9 Å². The second-order valence-corrected chi connectivity index (χ2v) is 7.57. The van der Waals surface area contributed by atoms with Crippen molar-refractivity contribution in [2.24, 2.45) is 5.92 Å². The molecule has 0 saturated heterocycles. The van der Waals surface area contributed by atoms with Crippen LogP contribution < -0.4 is 10.1 Å². The van der Waals surface area contributed by atoms with Gasteiger partial charge in [-0.3, -0.25) is 19.3 Å². The average Bonchev–Trinajstić information content (AvgIpc) is 3.00. The minimum Gasteiger partial charge on any atom is -0.494 e. The van der Waals surface area contributed by atoms with Crippen LogP contribution in [0.2, 0.25) is 0 Å². The first-order valence-corrected chi connectivity index (χ1v) is 10.5. The number of ether oxygens (including phenoxy) is 1. The van der Waals surface area contributed by atoms with E-state index < -0.39 is 17.9 Å². The van der Waals surface area contributed by atoms with Crippen LogP contribution in [-0.4, -0.2) is 35.3 Å². The minimum atomic E-state index is -0.886. The molecule has 2 atom stereocenters. The standard InChI is InChI=1S/C24H28N2O4/c1-4-6-15-30-18-13-11-17(12-14-18)25-22(27)21(16(3)5-2)26-23(28)19-9-7-8-10-20(19)24(26)29/h7-14,16,21H,4-6,15H2,1-3H3,(H,25,27). The Bertz CT molecular complexity index is 888. The predicted molar refractivity (Wildman–Crippen MR) is 116 cm³/mol. The van der Waals surface area contributed by atoms with E-state index in [4.69, 9.17) is 4.74 Å². The summed E-state index contributed by atoms with van der Waals surface area (Å²) in [6.45, 7) is 6.56. The summed E-state index contributed by atoms with van der Waals surface area (Å²) in [5.41, 5.74) is 1.28. The van der Waals surface area contributed by atoms with E-state index in [-0.39, 0.29) is 11.8 Å². The number of benzene rings is 2. The number of amides is 3. The van der Waals surface area contributed by atoms with Gasteiger partial charge in [-0.2, -0.15) is 0 Å². The predicted octanol–water partition coefficient (Wildman–Crippen LogP) is 4.51. The van der Waals surface area contributed by atoms with Gasteiger partial charge in [0.1, 0.15) is 11.8 Å². The smallest absolute Gasteiger partial charge is 0.262 e. The maximum absolute atomic E-state index is 13.1. The highest BCUT2D eigenvalue weighted by Crippen LogP contribution is 2.29. The van der Waals surface area contributed by atoms with Crippen LogP contribution in [0.4, 0.5) is 5.69 Å². The molecule has 1 aliphatic rings. The van der Waals surface area contributed by atoms with E-state index in [1.165, 1.54) is 0 Å². The number of anilines is 1. The molecule has 1 N–H and O–H groups in total. The van der Waals surface area contributed by atoms with Crippen molar-refractivity contribution in [3.63, 3.8) is 0 Å². The molecular formula is C24H28N2O4. The topological polar surface area (TPSA) is 75.7 Å². The van der Waals surface area contributed by atoms with Gasteiger partial charge < -0.3 is 10.1 Å². The Kier molecular flexibility index (Phi) is 6.87. The maximum Gasteiger partial charge on any atom is 0.262 e. The van der Waals surface area contributed by atoms with Crippen molar-refractivity contribution in [3.05, 3.63) is 59.7 Å². The third kappa shape index (κ3) is 4.37. The molecule has 1 aliphatic heterocycles. The largest absolute Gasteiger partial charge is 0.494 e. The SMILES string of the molecule is CCCCOc1ccc(NC(=O)C(C(C)CC)N2C(=O)c3ccccc3C2=O)cc1. The number of carbonyl (C=O) groups is 3. The third-order valence-electron chi connectivity index (χ3n) is 5.44. The Morgan fingerprint density at radius 2 is 1.60 bits per heavy atom. The number of hydrogen-bond acceptors (Lipinski definition) is 4. The fraction of sp³-hybridized carbons (Fsp3) is 0.375. The number of imide groups is 1. The summed E-state index contributed by atoms with van der Waals surface area (Å²) in [5, 5.41) is 2.86. The number of nitrogens with zero attached hydrogens (tertiary/aromatic N) is 1. The molecule has 1 heterocycles. The number of rotatable bonds is 9.